The molecule has 7 nitrogen and oxygen atoms in total. The first-order valence-corrected chi connectivity index (χ1v) is 11.0. The predicted molar refractivity (Wildman–Crippen MR) is 115 cm³/mol. The molecular weight excluding hydrogens is 439 g/mol. The van der Waals surface area contributed by atoms with Gasteiger partial charge in [-0.2, -0.15) is 17.5 Å². The van der Waals surface area contributed by atoms with Crippen LogP contribution in [0.3, 0.4) is 0 Å². The van der Waals surface area contributed by atoms with Crippen molar-refractivity contribution in [3.05, 3.63) is 52.7 Å². The van der Waals surface area contributed by atoms with Crippen molar-refractivity contribution in [2.75, 3.05) is 5.32 Å². The minimum Gasteiger partial charge on any atom is -0.350 e. The number of aromatic nitrogens is 5. The average Bonchev–Trinajstić information content (AvgIpc) is 3.47. The number of hydrogen-bond acceptors (Lipinski definition) is 8. The molecule has 1 saturated carbocycles. The highest BCUT2D eigenvalue weighted by atomic mass is 32.1. The molecule has 166 valence electrons. The Bertz CT molecular complexity index is 1200. The van der Waals surface area contributed by atoms with E-state index >= 15 is 0 Å². The summed E-state index contributed by atoms with van der Waals surface area (Å²) in [6.07, 6.45) is 1.07. The van der Waals surface area contributed by atoms with Gasteiger partial charge in [-0.1, -0.05) is 12.1 Å². The van der Waals surface area contributed by atoms with E-state index in [9.17, 15) is 13.2 Å². The van der Waals surface area contributed by atoms with E-state index in [1.165, 1.54) is 11.5 Å². The molecule has 3 aromatic rings. The minimum absolute atomic E-state index is 0.0518. The molecule has 2 atom stereocenters. The monoisotopic (exact) mass is 459 g/mol. The number of pyridine rings is 1. The normalized spacial score (nSPS) is 20.3. The summed E-state index contributed by atoms with van der Waals surface area (Å²) in [5.41, 5.74) is 7.43. The molecule has 2 aliphatic rings. The Morgan fingerprint density at radius 3 is 2.69 bits per heavy atom. The predicted octanol–water partition coefficient (Wildman–Crippen LogP) is 4.00. The van der Waals surface area contributed by atoms with Crippen molar-refractivity contribution in [3.8, 4) is 10.7 Å². The van der Waals surface area contributed by atoms with Crippen molar-refractivity contribution < 1.29 is 13.2 Å². The first kappa shape index (κ1) is 21.0. The molecule has 3 N–H and O–H groups in total. The van der Waals surface area contributed by atoms with Crippen molar-refractivity contribution in [2.24, 2.45) is 5.73 Å². The molecule has 5 rings (SSSR count). The third-order valence-electron chi connectivity index (χ3n) is 5.74. The Hall–Kier alpha value is -2.92. The Balaban J connectivity index is 1.52. The van der Waals surface area contributed by atoms with E-state index in [-0.39, 0.29) is 23.7 Å². The minimum atomic E-state index is -4.58. The van der Waals surface area contributed by atoms with Gasteiger partial charge < -0.3 is 11.1 Å². The topological polar surface area (TPSA) is 102 Å². The number of rotatable bonds is 4. The van der Waals surface area contributed by atoms with Gasteiger partial charge in [0.05, 0.1) is 11.4 Å². The van der Waals surface area contributed by atoms with E-state index in [1.54, 1.807) is 25.1 Å². The lowest BCUT2D eigenvalue weighted by molar-refractivity contribution is -0.138. The van der Waals surface area contributed by atoms with Crippen molar-refractivity contribution in [3.63, 3.8) is 0 Å². The molecule has 1 fully saturated rings. The maximum absolute atomic E-state index is 13.8. The molecule has 0 aliphatic heterocycles. The highest BCUT2D eigenvalue weighted by Crippen LogP contribution is 2.40. The number of alkyl halides is 3. The lowest BCUT2D eigenvalue weighted by Gasteiger charge is -2.19. The van der Waals surface area contributed by atoms with Crippen LogP contribution in [0.15, 0.2) is 24.4 Å². The zero-order valence-electron chi connectivity index (χ0n) is 17.1. The van der Waals surface area contributed by atoms with Gasteiger partial charge in [0.2, 0.25) is 5.95 Å². The second-order valence-corrected chi connectivity index (χ2v) is 8.71. The summed E-state index contributed by atoms with van der Waals surface area (Å²) in [5, 5.41) is 3.80. The summed E-state index contributed by atoms with van der Waals surface area (Å²) in [4.78, 5) is 17.2. The fourth-order valence-electron chi connectivity index (χ4n) is 4.15. The molecule has 0 spiro atoms. The molecule has 3 aromatic heterocycles. The quantitative estimate of drug-likeness (QED) is 0.608. The highest BCUT2D eigenvalue weighted by molar-refractivity contribution is 7.09. The number of hydrogen-bond donors (Lipinski definition) is 2. The third kappa shape index (κ3) is 3.86. The molecule has 2 aliphatic carbocycles. The van der Waals surface area contributed by atoms with Gasteiger partial charge in [-0.25, -0.2) is 19.9 Å². The Morgan fingerprint density at radius 1 is 1.16 bits per heavy atom. The Kier molecular flexibility index (Phi) is 5.17. The van der Waals surface area contributed by atoms with Crippen LogP contribution in [-0.4, -0.2) is 36.4 Å². The number of allylic oxidation sites excluding steroid dienone is 1. The number of nitrogens with zero attached hydrogens (tertiary/aromatic N) is 5. The molecular formula is C21H20F3N7S. The maximum Gasteiger partial charge on any atom is 0.419 e. The van der Waals surface area contributed by atoms with Crippen LogP contribution in [0.5, 0.6) is 0 Å². The van der Waals surface area contributed by atoms with Crippen LogP contribution in [0.1, 0.15) is 47.6 Å². The van der Waals surface area contributed by atoms with Crippen LogP contribution in [0.4, 0.5) is 19.1 Å². The fraction of sp³-hybridized carbons (Fsp3) is 0.381. The first-order chi connectivity index (χ1) is 15.3. The van der Waals surface area contributed by atoms with E-state index in [0.29, 0.717) is 39.8 Å². The van der Waals surface area contributed by atoms with Crippen LogP contribution in [0.25, 0.3) is 16.3 Å². The largest absolute Gasteiger partial charge is 0.419 e. The molecule has 32 heavy (non-hydrogen) atoms. The maximum atomic E-state index is 13.8. The lowest BCUT2D eigenvalue weighted by Crippen LogP contribution is -2.35. The van der Waals surface area contributed by atoms with Gasteiger partial charge in [-0.15, -0.1) is 0 Å². The van der Waals surface area contributed by atoms with Gasteiger partial charge in [0, 0.05) is 35.8 Å². The number of nitrogens with one attached hydrogen (secondary N) is 1. The number of halogens is 3. The average molecular weight is 460 g/mol. The second kappa shape index (κ2) is 7.89. The summed E-state index contributed by atoms with van der Waals surface area (Å²) in [6, 6.07) is 3.41. The molecule has 0 saturated heterocycles. The summed E-state index contributed by atoms with van der Waals surface area (Å²) in [6.45, 7) is 1.80. The molecule has 0 radical (unpaired) electrons. The van der Waals surface area contributed by atoms with Gasteiger partial charge >= 0.3 is 6.18 Å². The van der Waals surface area contributed by atoms with Crippen molar-refractivity contribution >= 4 is 23.1 Å². The molecule has 0 unspecified atom stereocenters. The van der Waals surface area contributed by atoms with Crippen LogP contribution in [0.2, 0.25) is 0 Å². The number of fused-ring (bicyclic) bond motifs is 1. The van der Waals surface area contributed by atoms with Gasteiger partial charge in [-0.05, 0) is 43.8 Å². The third-order valence-corrected chi connectivity index (χ3v) is 6.57. The van der Waals surface area contributed by atoms with Crippen LogP contribution in [-0.2, 0) is 12.6 Å². The summed E-state index contributed by atoms with van der Waals surface area (Å²) in [7, 11) is 0. The summed E-state index contributed by atoms with van der Waals surface area (Å²) >= 11 is 1.24. The SMILES string of the molecule is Cc1nsc(-c2ccc3c(n2)CC=C3c2nc(N[C@H]3CCC[C@@H]3N)ncc2C(F)(F)F)n1. The van der Waals surface area contributed by atoms with E-state index in [4.69, 9.17) is 5.73 Å². The van der Waals surface area contributed by atoms with Crippen molar-refractivity contribution in [1.29, 1.82) is 0 Å². The van der Waals surface area contributed by atoms with Crippen molar-refractivity contribution in [2.45, 2.75) is 50.9 Å². The molecule has 0 aromatic carbocycles. The van der Waals surface area contributed by atoms with E-state index in [1.807, 2.05) is 0 Å². The van der Waals surface area contributed by atoms with Crippen molar-refractivity contribution in [1.82, 2.24) is 24.3 Å². The molecule has 3 heterocycles. The van der Waals surface area contributed by atoms with Gasteiger partial charge in [-0.3, -0.25) is 0 Å². The molecule has 0 bridgehead atoms. The highest BCUT2D eigenvalue weighted by Gasteiger charge is 2.37. The van der Waals surface area contributed by atoms with Gasteiger partial charge in [0.1, 0.15) is 17.1 Å². The van der Waals surface area contributed by atoms with E-state index in [2.05, 4.69) is 29.6 Å². The van der Waals surface area contributed by atoms with Crippen LogP contribution < -0.4 is 11.1 Å². The fourth-order valence-corrected chi connectivity index (χ4v) is 4.79. The van der Waals surface area contributed by atoms with Crippen LogP contribution >= 0.6 is 11.5 Å². The molecule has 11 heteroatoms. The smallest absolute Gasteiger partial charge is 0.350 e. The van der Waals surface area contributed by atoms with Gasteiger partial charge in [0.25, 0.3) is 0 Å². The Labute approximate surface area is 186 Å². The Morgan fingerprint density at radius 2 is 2.00 bits per heavy atom. The number of anilines is 1. The standard InChI is InChI=1S/C21H20F3N7S/c1-10-27-19(32-31-10)17-8-5-11-12(6-7-15(11)28-17)18-13(21(22,23)24)9-26-20(30-18)29-16-4-2-3-14(16)25/h5-6,8-9,14,16H,2-4,7,25H2,1H3,(H,26,29,30)/t14-,16-/m0/s1. The zero-order valence-corrected chi connectivity index (χ0v) is 18.0. The summed E-state index contributed by atoms with van der Waals surface area (Å²) in [5.74, 6) is 0.808. The lowest BCUT2D eigenvalue weighted by atomic mass is 10.0. The molecule has 0 amide bonds. The van der Waals surface area contributed by atoms with E-state index in [0.717, 1.165) is 25.5 Å². The van der Waals surface area contributed by atoms with Gasteiger partial charge in [0.15, 0.2) is 5.01 Å². The second-order valence-electron chi connectivity index (χ2n) is 7.96. The van der Waals surface area contributed by atoms with E-state index < -0.39 is 11.7 Å². The zero-order chi connectivity index (χ0) is 22.5. The number of aryl methyl sites for hydroxylation is 1. The number of nitrogens with two attached hydrogens (primary N) is 1. The van der Waals surface area contributed by atoms with Crippen LogP contribution in [0, 0.1) is 6.92 Å². The summed E-state index contributed by atoms with van der Waals surface area (Å²) < 4.78 is 45.5. The first-order valence-electron chi connectivity index (χ1n) is 10.3.